The summed E-state index contributed by atoms with van der Waals surface area (Å²) in [4.78, 5) is 14.8. The minimum absolute atomic E-state index is 0.0149. The highest BCUT2D eigenvalue weighted by Gasteiger charge is 2.26. The van der Waals surface area contributed by atoms with E-state index in [1.807, 2.05) is 36.1 Å². The second kappa shape index (κ2) is 7.14. The monoisotopic (exact) mass is 326 g/mol. The van der Waals surface area contributed by atoms with E-state index in [0.717, 1.165) is 42.5 Å². The number of carbonyl (C=O) groups is 1. The van der Waals surface area contributed by atoms with E-state index < -0.39 is 0 Å². The van der Waals surface area contributed by atoms with E-state index in [-0.39, 0.29) is 17.8 Å². The molecule has 2 aromatic carbocycles. The zero-order valence-corrected chi connectivity index (χ0v) is 14.0. The standard InChI is InChI=1S/C20H23FN2O/c1-14-8-9-17(21)12-19(14)15-5-4-6-16(11-15)20(24)23-10-3-2-7-18(23)13-22/h4-6,8-9,11-12,18H,2-3,7,10,13,22H2,1H3/t18-/m1/s1. The third-order valence-electron chi connectivity index (χ3n) is 4.78. The van der Waals surface area contributed by atoms with Crippen LogP contribution in [0.25, 0.3) is 11.1 Å². The van der Waals surface area contributed by atoms with Gasteiger partial charge in [-0.15, -0.1) is 0 Å². The lowest BCUT2D eigenvalue weighted by Gasteiger charge is -2.35. The summed E-state index contributed by atoms with van der Waals surface area (Å²) in [5.74, 6) is -0.257. The average Bonchev–Trinajstić information content (AvgIpc) is 2.63. The number of likely N-dealkylation sites (tertiary alicyclic amines) is 1. The Morgan fingerprint density at radius 2 is 2.08 bits per heavy atom. The first-order valence-corrected chi connectivity index (χ1v) is 8.48. The van der Waals surface area contributed by atoms with E-state index in [0.29, 0.717) is 12.1 Å². The number of nitrogens with two attached hydrogens (primary N) is 1. The molecule has 1 amide bonds. The lowest BCUT2D eigenvalue weighted by atomic mass is 9.97. The molecule has 1 heterocycles. The van der Waals surface area contributed by atoms with Gasteiger partial charge < -0.3 is 10.6 Å². The summed E-state index contributed by atoms with van der Waals surface area (Å²) in [5.41, 5.74) is 9.13. The van der Waals surface area contributed by atoms with E-state index in [4.69, 9.17) is 5.73 Å². The summed E-state index contributed by atoms with van der Waals surface area (Å²) >= 11 is 0. The van der Waals surface area contributed by atoms with Crippen molar-refractivity contribution in [2.24, 2.45) is 5.73 Å². The van der Waals surface area contributed by atoms with Crippen LogP contribution in [0, 0.1) is 12.7 Å². The van der Waals surface area contributed by atoms with Gasteiger partial charge in [0.2, 0.25) is 0 Å². The fourth-order valence-electron chi connectivity index (χ4n) is 3.40. The van der Waals surface area contributed by atoms with Crippen molar-refractivity contribution in [3.63, 3.8) is 0 Å². The van der Waals surface area contributed by atoms with E-state index in [2.05, 4.69) is 0 Å². The smallest absolute Gasteiger partial charge is 0.254 e. The van der Waals surface area contributed by atoms with Crippen molar-refractivity contribution in [2.75, 3.05) is 13.1 Å². The Morgan fingerprint density at radius 3 is 2.88 bits per heavy atom. The van der Waals surface area contributed by atoms with Crippen LogP contribution < -0.4 is 5.73 Å². The number of benzene rings is 2. The molecule has 1 fully saturated rings. The maximum Gasteiger partial charge on any atom is 0.254 e. The fourth-order valence-corrected chi connectivity index (χ4v) is 3.40. The Kier molecular flexibility index (Phi) is 4.95. The third-order valence-corrected chi connectivity index (χ3v) is 4.78. The van der Waals surface area contributed by atoms with Gasteiger partial charge in [0.05, 0.1) is 0 Å². The van der Waals surface area contributed by atoms with E-state index in [1.165, 1.54) is 12.1 Å². The fraction of sp³-hybridized carbons (Fsp3) is 0.350. The second-order valence-corrected chi connectivity index (χ2v) is 6.42. The van der Waals surface area contributed by atoms with Crippen LogP contribution in [-0.2, 0) is 0 Å². The van der Waals surface area contributed by atoms with Crippen LogP contribution in [0.15, 0.2) is 42.5 Å². The molecule has 0 spiro atoms. The van der Waals surface area contributed by atoms with Crippen molar-refractivity contribution in [3.05, 3.63) is 59.4 Å². The summed E-state index contributed by atoms with van der Waals surface area (Å²) < 4.78 is 13.6. The van der Waals surface area contributed by atoms with Crippen molar-refractivity contribution < 1.29 is 9.18 Å². The molecule has 24 heavy (non-hydrogen) atoms. The van der Waals surface area contributed by atoms with Crippen LogP contribution in [0.4, 0.5) is 4.39 Å². The molecule has 3 nitrogen and oxygen atoms in total. The summed E-state index contributed by atoms with van der Waals surface area (Å²) in [5, 5.41) is 0. The molecule has 4 heteroatoms. The van der Waals surface area contributed by atoms with Gasteiger partial charge >= 0.3 is 0 Å². The first-order chi connectivity index (χ1) is 11.6. The minimum atomic E-state index is -0.272. The molecule has 1 aliphatic rings. The van der Waals surface area contributed by atoms with Crippen molar-refractivity contribution in [3.8, 4) is 11.1 Å². The first-order valence-electron chi connectivity index (χ1n) is 8.48. The van der Waals surface area contributed by atoms with Crippen molar-refractivity contribution in [1.82, 2.24) is 4.90 Å². The topological polar surface area (TPSA) is 46.3 Å². The van der Waals surface area contributed by atoms with Crippen LogP contribution in [0.3, 0.4) is 0 Å². The molecule has 3 rings (SSSR count). The number of amides is 1. The molecule has 0 aliphatic carbocycles. The van der Waals surface area contributed by atoms with Crippen molar-refractivity contribution in [1.29, 1.82) is 0 Å². The van der Waals surface area contributed by atoms with Gasteiger partial charge in [-0.05, 0) is 67.1 Å². The SMILES string of the molecule is Cc1ccc(F)cc1-c1cccc(C(=O)N2CCCC[C@@H]2CN)c1. The molecule has 0 bridgehead atoms. The maximum atomic E-state index is 13.6. The number of aryl methyl sites for hydroxylation is 1. The van der Waals surface area contributed by atoms with Crippen LogP contribution in [-0.4, -0.2) is 29.9 Å². The van der Waals surface area contributed by atoms with Crippen molar-refractivity contribution in [2.45, 2.75) is 32.2 Å². The second-order valence-electron chi connectivity index (χ2n) is 6.42. The molecular formula is C20H23FN2O. The van der Waals surface area contributed by atoms with Gasteiger partial charge in [0, 0.05) is 24.7 Å². The molecule has 0 aromatic heterocycles. The summed E-state index contributed by atoms with van der Waals surface area (Å²) in [6.45, 7) is 3.19. The van der Waals surface area contributed by atoms with Gasteiger partial charge in [-0.1, -0.05) is 18.2 Å². The number of halogens is 1. The lowest BCUT2D eigenvalue weighted by Crippen LogP contribution is -2.47. The summed E-state index contributed by atoms with van der Waals surface area (Å²) in [7, 11) is 0. The van der Waals surface area contributed by atoms with Gasteiger partial charge in [-0.3, -0.25) is 4.79 Å². The molecular weight excluding hydrogens is 303 g/mol. The highest BCUT2D eigenvalue weighted by atomic mass is 19.1. The number of nitrogens with zero attached hydrogens (tertiary/aromatic N) is 1. The highest BCUT2D eigenvalue weighted by molar-refractivity contribution is 5.96. The van der Waals surface area contributed by atoms with Crippen LogP contribution in [0.1, 0.15) is 35.2 Å². The first kappa shape index (κ1) is 16.7. The number of hydrogen-bond donors (Lipinski definition) is 1. The molecule has 1 atom stereocenters. The zero-order valence-electron chi connectivity index (χ0n) is 14.0. The van der Waals surface area contributed by atoms with Crippen LogP contribution in [0.2, 0.25) is 0 Å². The Balaban J connectivity index is 1.92. The van der Waals surface area contributed by atoms with Gasteiger partial charge in [0.25, 0.3) is 5.91 Å². The van der Waals surface area contributed by atoms with E-state index in [9.17, 15) is 9.18 Å². The highest BCUT2D eigenvalue weighted by Crippen LogP contribution is 2.26. The normalized spacial score (nSPS) is 17.8. The average molecular weight is 326 g/mol. The maximum absolute atomic E-state index is 13.6. The largest absolute Gasteiger partial charge is 0.334 e. The molecule has 2 N–H and O–H groups in total. The molecule has 1 saturated heterocycles. The zero-order chi connectivity index (χ0) is 17.1. The van der Waals surface area contributed by atoms with E-state index >= 15 is 0 Å². The Labute approximate surface area is 142 Å². The van der Waals surface area contributed by atoms with Gasteiger partial charge in [-0.25, -0.2) is 4.39 Å². The van der Waals surface area contributed by atoms with Crippen LogP contribution >= 0.6 is 0 Å². The third kappa shape index (κ3) is 3.34. The molecule has 126 valence electrons. The predicted octanol–water partition coefficient (Wildman–Crippen LogP) is 3.75. The Hall–Kier alpha value is -2.20. The van der Waals surface area contributed by atoms with Crippen molar-refractivity contribution >= 4 is 5.91 Å². The van der Waals surface area contributed by atoms with Gasteiger partial charge in [0.1, 0.15) is 5.82 Å². The lowest BCUT2D eigenvalue weighted by molar-refractivity contribution is 0.0623. The molecule has 0 radical (unpaired) electrons. The summed E-state index contributed by atoms with van der Waals surface area (Å²) in [6.07, 6.45) is 3.10. The minimum Gasteiger partial charge on any atom is -0.334 e. The van der Waals surface area contributed by atoms with Crippen LogP contribution in [0.5, 0.6) is 0 Å². The molecule has 0 saturated carbocycles. The predicted molar refractivity (Wildman–Crippen MR) is 94.3 cm³/mol. The number of carbonyl (C=O) groups excluding carboxylic acids is 1. The number of piperidine rings is 1. The van der Waals surface area contributed by atoms with Gasteiger partial charge in [-0.2, -0.15) is 0 Å². The van der Waals surface area contributed by atoms with E-state index in [1.54, 1.807) is 6.07 Å². The van der Waals surface area contributed by atoms with Gasteiger partial charge in [0.15, 0.2) is 0 Å². The molecule has 1 aliphatic heterocycles. The molecule has 2 aromatic rings. The number of hydrogen-bond acceptors (Lipinski definition) is 2. The summed E-state index contributed by atoms with van der Waals surface area (Å²) in [6, 6.07) is 12.3. The molecule has 0 unspecified atom stereocenters. The Bertz CT molecular complexity index is 744. The quantitative estimate of drug-likeness (QED) is 0.933. The number of rotatable bonds is 3. The Morgan fingerprint density at radius 1 is 1.25 bits per heavy atom.